The summed E-state index contributed by atoms with van der Waals surface area (Å²) in [5.41, 5.74) is 0.895. The molecule has 1 aromatic heterocycles. The second kappa shape index (κ2) is 10.0. The first kappa shape index (κ1) is 20.1. The van der Waals surface area contributed by atoms with Gasteiger partial charge in [0, 0.05) is 12.5 Å². The number of esters is 1. The van der Waals surface area contributed by atoms with Crippen LogP contribution in [0.4, 0.5) is 0 Å². The van der Waals surface area contributed by atoms with Crippen molar-refractivity contribution >= 4 is 29.1 Å². The SMILES string of the molecule is O=C(COC(=O)[C@H](Cc1ccccc1)NC(=O)c1cccs1)NC1CCCC1. The van der Waals surface area contributed by atoms with Gasteiger partial charge < -0.3 is 15.4 Å². The van der Waals surface area contributed by atoms with Crippen molar-refractivity contribution in [3.05, 3.63) is 58.3 Å². The zero-order chi connectivity index (χ0) is 19.8. The van der Waals surface area contributed by atoms with Crippen molar-refractivity contribution in [3.8, 4) is 0 Å². The van der Waals surface area contributed by atoms with Crippen molar-refractivity contribution < 1.29 is 19.1 Å². The maximum atomic E-state index is 12.6. The average molecular weight is 401 g/mol. The Kier molecular flexibility index (Phi) is 7.19. The van der Waals surface area contributed by atoms with Crippen LogP contribution in [0.3, 0.4) is 0 Å². The Morgan fingerprint density at radius 2 is 1.82 bits per heavy atom. The van der Waals surface area contributed by atoms with Gasteiger partial charge in [0.1, 0.15) is 6.04 Å². The number of benzene rings is 1. The standard InChI is InChI=1S/C21H24N2O4S/c24-19(22-16-9-4-5-10-16)14-27-21(26)17(13-15-7-2-1-3-8-15)23-20(25)18-11-6-12-28-18/h1-3,6-8,11-12,16-17H,4-5,9-10,13-14H2,(H,22,24)(H,23,25)/t17-/m0/s1. The Balaban J connectivity index is 1.58. The van der Waals surface area contributed by atoms with Crippen molar-refractivity contribution in [1.82, 2.24) is 10.6 Å². The van der Waals surface area contributed by atoms with E-state index in [1.54, 1.807) is 17.5 Å². The topological polar surface area (TPSA) is 84.5 Å². The molecule has 1 fully saturated rings. The molecule has 3 rings (SSSR count). The van der Waals surface area contributed by atoms with E-state index in [0.717, 1.165) is 31.2 Å². The van der Waals surface area contributed by atoms with E-state index in [0.29, 0.717) is 11.3 Å². The summed E-state index contributed by atoms with van der Waals surface area (Å²) >= 11 is 1.30. The molecule has 0 saturated heterocycles. The molecule has 1 saturated carbocycles. The molecule has 7 heteroatoms. The quantitative estimate of drug-likeness (QED) is 0.668. The van der Waals surface area contributed by atoms with Crippen molar-refractivity contribution in [3.63, 3.8) is 0 Å². The van der Waals surface area contributed by atoms with Crippen molar-refractivity contribution in [2.45, 2.75) is 44.2 Å². The lowest BCUT2D eigenvalue weighted by molar-refractivity contribution is -0.150. The number of carbonyl (C=O) groups excluding carboxylic acids is 3. The highest BCUT2D eigenvalue weighted by Gasteiger charge is 2.25. The van der Waals surface area contributed by atoms with Gasteiger partial charge in [-0.2, -0.15) is 0 Å². The minimum atomic E-state index is -0.865. The summed E-state index contributed by atoms with van der Waals surface area (Å²) in [6.07, 6.45) is 4.44. The smallest absolute Gasteiger partial charge is 0.329 e. The maximum absolute atomic E-state index is 12.6. The minimum absolute atomic E-state index is 0.171. The monoisotopic (exact) mass is 400 g/mol. The van der Waals surface area contributed by atoms with Crippen LogP contribution in [-0.2, 0) is 20.7 Å². The minimum Gasteiger partial charge on any atom is -0.454 e. The zero-order valence-corrected chi connectivity index (χ0v) is 16.4. The Morgan fingerprint density at radius 1 is 1.07 bits per heavy atom. The molecule has 0 radical (unpaired) electrons. The van der Waals surface area contributed by atoms with E-state index in [-0.39, 0.29) is 24.5 Å². The van der Waals surface area contributed by atoms with Crippen LogP contribution in [0.25, 0.3) is 0 Å². The van der Waals surface area contributed by atoms with Gasteiger partial charge >= 0.3 is 5.97 Å². The molecule has 6 nitrogen and oxygen atoms in total. The third-order valence-corrected chi connectivity index (χ3v) is 5.55. The predicted octanol–water partition coefficient (Wildman–Crippen LogP) is 2.69. The average Bonchev–Trinajstić information content (AvgIpc) is 3.40. The first-order chi connectivity index (χ1) is 13.6. The molecule has 1 atom stereocenters. The fourth-order valence-electron chi connectivity index (χ4n) is 3.26. The number of amides is 2. The molecule has 2 N–H and O–H groups in total. The van der Waals surface area contributed by atoms with Gasteiger partial charge in [-0.1, -0.05) is 49.2 Å². The largest absolute Gasteiger partial charge is 0.454 e. The fourth-order valence-corrected chi connectivity index (χ4v) is 3.88. The molecular formula is C21H24N2O4S. The van der Waals surface area contributed by atoms with E-state index in [9.17, 15) is 14.4 Å². The van der Waals surface area contributed by atoms with Gasteiger partial charge in [-0.25, -0.2) is 4.79 Å². The number of rotatable bonds is 8. The van der Waals surface area contributed by atoms with Crippen LogP contribution in [0, 0.1) is 0 Å². The molecule has 0 aliphatic heterocycles. The van der Waals surface area contributed by atoms with Gasteiger partial charge in [-0.3, -0.25) is 9.59 Å². The fraction of sp³-hybridized carbons (Fsp3) is 0.381. The molecule has 1 aromatic carbocycles. The van der Waals surface area contributed by atoms with Crippen molar-refractivity contribution in [2.24, 2.45) is 0 Å². The molecule has 2 aromatic rings. The molecule has 1 aliphatic carbocycles. The molecule has 0 spiro atoms. The van der Waals surface area contributed by atoms with Gasteiger partial charge in [-0.05, 0) is 29.9 Å². The van der Waals surface area contributed by atoms with Gasteiger partial charge in [0.2, 0.25) is 0 Å². The molecule has 148 valence electrons. The molecule has 1 heterocycles. The highest BCUT2D eigenvalue weighted by Crippen LogP contribution is 2.17. The lowest BCUT2D eigenvalue weighted by Crippen LogP contribution is -2.44. The van der Waals surface area contributed by atoms with Crippen LogP contribution < -0.4 is 10.6 Å². The van der Waals surface area contributed by atoms with Gasteiger partial charge in [0.15, 0.2) is 6.61 Å². The van der Waals surface area contributed by atoms with Crippen LogP contribution in [0.2, 0.25) is 0 Å². The summed E-state index contributed by atoms with van der Waals surface area (Å²) < 4.78 is 5.20. The van der Waals surface area contributed by atoms with Crippen LogP contribution >= 0.6 is 11.3 Å². The number of thiophene rings is 1. The lowest BCUT2D eigenvalue weighted by atomic mass is 10.1. The Bertz CT molecular complexity index is 786. The van der Waals surface area contributed by atoms with E-state index < -0.39 is 12.0 Å². The molecule has 28 heavy (non-hydrogen) atoms. The summed E-state index contributed by atoms with van der Waals surface area (Å²) in [4.78, 5) is 37.5. The van der Waals surface area contributed by atoms with Crippen molar-refractivity contribution in [1.29, 1.82) is 0 Å². The Labute approximate surface area is 168 Å². The van der Waals surface area contributed by atoms with E-state index in [2.05, 4.69) is 10.6 Å². The van der Waals surface area contributed by atoms with Crippen LogP contribution in [0.15, 0.2) is 47.8 Å². The molecule has 1 aliphatic rings. The predicted molar refractivity (Wildman–Crippen MR) is 107 cm³/mol. The summed E-state index contributed by atoms with van der Waals surface area (Å²) in [5, 5.41) is 7.41. The number of nitrogens with one attached hydrogen (secondary N) is 2. The zero-order valence-electron chi connectivity index (χ0n) is 15.6. The Hall–Kier alpha value is -2.67. The highest BCUT2D eigenvalue weighted by atomic mass is 32.1. The lowest BCUT2D eigenvalue weighted by Gasteiger charge is -2.18. The first-order valence-corrected chi connectivity index (χ1v) is 10.3. The second-order valence-electron chi connectivity index (χ2n) is 6.85. The highest BCUT2D eigenvalue weighted by molar-refractivity contribution is 7.12. The number of hydrogen-bond donors (Lipinski definition) is 2. The summed E-state index contributed by atoms with van der Waals surface area (Å²) in [7, 11) is 0. The van der Waals surface area contributed by atoms with Crippen LogP contribution in [0.1, 0.15) is 40.9 Å². The number of carbonyl (C=O) groups is 3. The molecule has 0 bridgehead atoms. The van der Waals surface area contributed by atoms with Gasteiger partial charge in [0.25, 0.3) is 11.8 Å². The summed E-state index contributed by atoms with van der Waals surface area (Å²) in [5.74, 6) is -1.25. The first-order valence-electron chi connectivity index (χ1n) is 9.46. The number of hydrogen-bond acceptors (Lipinski definition) is 5. The van der Waals surface area contributed by atoms with Crippen LogP contribution in [0.5, 0.6) is 0 Å². The normalized spacial score (nSPS) is 15.0. The number of ether oxygens (including phenoxy) is 1. The maximum Gasteiger partial charge on any atom is 0.329 e. The summed E-state index contributed by atoms with van der Waals surface area (Å²) in [6.45, 7) is -0.338. The molecule has 0 unspecified atom stereocenters. The van der Waals surface area contributed by atoms with Crippen LogP contribution in [-0.4, -0.2) is 36.5 Å². The summed E-state index contributed by atoms with van der Waals surface area (Å²) in [6, 6.07) is 12.2. The Morgan fingerprint density at radius 3 is 2.50 bits per heavy atom. The molecule has 2 amide bonds. The van der Waals surface area contributed by atoms with E-state index in [1.165, 1.54) is 11.3 Å². The van der Waals surface area contributed by atoms with Crippen molar-refractivity contribution in [2.75, 3.05) is 6.61 Å². The van der Waals surface area contributed by atoms with E-state index in [1.807, 2.05) is 30.3 Å². The third-order valence-electron chi connectivity index (χ3n) is 4.68. The van der Waals surface area contributed by atoms with Gasteiger partial charge in [-0.15, -0.1) is 11.3 Å². The van der Waals surface area contributed by atoms with Gasteiger partial charge in [0.05, 0.1) is 4.88 Å². The molecular weight excluding hydrogens is 376 g/mol. The third kappa shape index (κ3) is 5.92. The van der Waals surface area contributed by atoms with E-state index in [4.69, 9.17) is 4.74 Å². The van der Waals surface area contributed by atoms with E-state index >= 15 is 0 Å². The second-order valence-corrected chi connectivity index (χ2v) is 7.80.